The molecule has 0 saturated heterocycles. The first-order chi connectivity index (χ1) is 20.5. The summed E-state index contributed by atoms with van der Waals surface area (Å²) >= 11 is 0. The van der Waals surface area contributed by atoms with E-state index in [1.807, 2.05) is 0 Å². The molecule has 0 unspecified atom stereocenters. The summed E-state index contributed by atoms with van der Waals surface area (Å²) in [6.07, 6.45) is 0. The van der Waals surface area contributed by atoms with Crippen molar-refractivity contribution in [2.24, 2.45) is 30.7 Å². The Hall–Kier alpha value is -4.99. The fourth-order valence-electron chi connectivity index (χ4n) is 3.34. The summed E-state index contributed by atoms with van der Waals surface area (Å²) in [6, 6.07) is 15.7. The van der Waals surface area contributed by atoms with Crippen LogP contribution in [0.2, 0.25) is 0 Å². The van der Waals surface area contributed by atoms with E-state index in [2.05, 4.69) is 30.7 Å². The van der Waals surface area contributed by atoms with Crippen LogP contribution >= 0.6 is 0 Å². The van der Waals surface area contributed by atoms with Gasteiger partial charge in [0.1, 0.15) is 22.0 Å². The molecule has 20 heteroatoms. The third-order valence-corrected chi connectivity index (χ3v) is 8.10. The minimum Gasteiger partial charge on any atom is -0.397 e. The van der Waals surface area contributed by atoms with Gasteiger partial charge in [0.15, 0.2) is 0 Å². The molecule has 0 heterocycles. The van der Waals surface area contributed by atoms with Crippen LogP contribution in [-0.4, -0.2) is 38.9 Å². The number of benzene rings is 4. The molecule has 17 nitrogen and oxygen atoms in total. The van der Waals surface area contributed by atoms with Crippen molar-refractivity contribution in [3.05, 3.63) is 78.9 Å². The van der Waals surface area contributed by atoms with Crippen LogP contribution in [0.5, 0.6) is 0 Å². The Balaban J connectivity index is 1.56. The van der Waals surface area contributed by atoms with Gasteiger partial charge >= 0.3 is 0 Å². The van der Waals surface area contributed by atoms with Gasteiger partial charge in [-0.3, -0.25) is 13.7 Å². The van der Waals surface area contributed by atoms with Crippen molar-refractivity contribution >= 4 is 75.9 Å². The van der Waals surface area contributed by atoms with E-state index in [1.54, 1.807) is 0 Å². The average Bonchev–Trinajstić information content (AvgIpc) is 2.95. The zero-order chi connectivity index (χ0) is 32.3. The molecule has 0 aromatic heterocycles. The van der Waals surface area contributed by atoms with Gasteiger partial charge in [0.25, 0.3) is 30.4 Å². The lowest BCUT2D eigenvalue weighted by Crippen LogP contribution is -1.98. The predicted octanol–water partition coefficient (Wildman–Crippen LogP) is 5.84. The number of hydrogen-bond donors (Lipinski definition) is 5. The molecule has 4 rings (SSSR count). The Morgan fingerprint density at radius 2 is 0.795 bits per heavy atom. The van der Waals surface area contributed by atoms with Gasteiger partial charge in [-0.2, -0.15) is 40.6 Å². The molecule has 0 amide bonds. The number of nitrogens with two attached hydrogens (primary N) is 2. The normalized spacial score (nSPS) is 12.9. The largest absolute Gasteiger partial charge is 0.397 e. The van der Waals surface area contributed by atoms with E-state index >= 15 is 0 Å². The summed E-state index contributed by atoms with van der Waals surface area (Å²) in [5, 5.41) is 23.4. The minimum absolute atomic E-state index is 0.0125. The third kappa shape index (κ3) is 8.09. The Morgan fingerprint density at radius 1 is 0.432 bits per heavy atom. The first kappa shape index (κ1) is 31.9. The lowest BCUT2D eigenvalue weighted by molar-refractivity contribution is 0.481. The van der Waals surface area contributed by atoms with E-state index in [0.717, 1.165) is 30.3 Å². The van der Waals surface area contributed by atoms with Crippen LogP contribution in [0.1, 0.15) is 0 Å². The molecular formula is C24H20N8O9S3. The van der Waals surface area contributed by atoms with Crippen LogP contribution in [-0.2, 0) is 30.4 Å². The lowest BCUT2D eigenvalue weighted by atomic mass is 10.2. The fraction of sp³-hybridized carbons (Fsp3) is 0. The maximum absolute atomic E-state index is 12.0. The molecule has 228 valence electrons. The van der Waals surface area contributed by atoms with Crippen LogP contribution in [0, 0.1) is 0 Å². The molecular weight excluding hydrogens is 641 g/mol. The third-order valence-electron chi connectivity index (χ3n) is 5.49. The molecule has 4 aromatic carbocycles. The zero-order valence-electron chi connectivity index (χ0n) is 21.9. The Labute approximate surface area is 250 Å². The van der Waals surface area contributed by atoms with Crippen LogP contribution < -0.4 is 11.5 Å². The molecule has 0 aliphatic carbocycles. The summed E-state index contributed by atoms with van der Waals surface area (Å²) in [5.74, 6) is 0. The monoisotopic (exact) mass is 660 g/mol. The highest BCUT2D eigenvalue weighted by molar-refractivity contribution is 7.86. The van der Waals surface area contributed by atoms with Gasteiger partial charge in [-0.1, -0.05) is 0 Å². The van der Waals surface area contributed by atoms with Gasteiger partial charge < -0.3 is 11.5 Å². The topological polar surface area (TPSA) is 289 Å². The highest BCUT2D eigenvalue weighted by Gasteiger charge is 2.17. The van der Waals surface area contributed by atoms with E-state index in [9.17, 15) is 29.8 Å². The van der Waals surface area contributed by atoms with Gasteiger partial charge in [0, 0.05) is 0 Å². The number of nitrogens with zero attached hydrogens (tertiary/aromatic N) is 6. The minimum atomic E-state index is -4.82. The van der Waals surface area contributed by atoms with Gasteiger partial charge in [0.2, 0.25) is 0 Å². The second-order valence-corrected chi connectivity index (χ2v) is 12.9. The highest BCUT2D eigenvalue weighted by atomic mass is 32.2. The summed E-state index contributed by atoms with van der Waals surface area (Å²) in [5.41, 5.74) is 12.4. The molecule has 0 bridgehead atoms. The molecule has 4 aromatic rings. The molecule has 0 fully saturated rings. The van der Waals surface area contributed by atoms with E-state index in [4.69, 9.17) is 20.6 Å². The summed E-state index contributed by atoms with van der Waals surface area (Å²) in [6.45, 7) is 0. The van der Waals surface area contributed by atoms with Crippen molar-refractivity contribution in [3.63, 3.8) is 0 Å². The maximum Gasteiger partial charge on any atom is 0.296 e. The summed E-state index contributed by atoms with van der Waals surface area (Å²) < 4.78 is 96.5. The maximum atomic E-state index is 12.0. The van der Waals surface area contributed by atoms with Gasteiger partial charge in [-0.05, 0) is 78.9 Å². The van der Waals surface area contributed by atoms with Gasteiger partial charge in [-0.25, -0.2) is 0 Å². The molecule has 0 atom stereocenters. The highest BCUT2D eigenvalue weighted by Crippen LogP contribution is 2.37. The molecule has 0 saturated carbocycles. The summed E-state index contributed by atoms with van der Waals surface area (Å²) in [7, 11) is -13.6. The first-order valence-electron chi connectivity index (χ1n) is 11.7. The van der Waals surface area contributed by atoms with Gasteiger partial charge in [0.05, 0.1) is 38.2 Å². The summed E-state index contributed by atoms with van der Waals surface area (Å²) in [4.78, 5) is -1.33. The Kier molecular flexibility index (Phi) is 8.94. The van der Waals surface area contributed by atoms with Crippen molar-refractivity contribution in [2.75, 3.05) is 11.5 Å². The van der Waals surface area contributed by atoms with Crippen molar-refractivity contribution in [1.82, 2.24) is 0 Å². The first-order valence-corrected chi connectivity index (χ1v) is 16.0. The van der Waals surface area contributed by atoms with Crippen LogP contribution in [0.25, 0.3) is 0 Å². The van der Waals surface area contributed by atoms with Crippen LogP contribution in [0.15, 0.2) is 124 Å². The van der Waals surface area contributed by atoms with E-state index in [-0.39, 0.29) is 55.3 Å². The van der Waals surface area contributed by atoms with Gasteiger partial charge in [-0.15, -0.1) is 15.3 Å². The molecule has 0 aliphatic heterocycles. The number of azo groups is 3. The Bertz CT molecular complexity index is 2150. The van der Waals surface area contributed by atoms with Crippen molar-refractivity contribution < 1.29 is 38.9 Å². The number of nitrogen functional groups attached to an aromatic ring is 2. The quantitative estimate of drug-likeness (QED) is 0.0807. The standard InChI is InChI=1S/C24H20N8O9S3/c25-19-13-23(20(26)12-22(19)31-28-15-3-8-18(9-4-15)43(36,37)38)32-30-21-10-5-16(11-24(21)44(39,40)41)29-27-14-1-6-17(7-2-14)42(33,34)35/h1-13H,25-26H2,(H,33,34,35)(H,36,37,38)(H,39,40,41). The number of hydrogen-bond acceptors (Lipinski definition) is 14. The number of rotatable bonds is 9. The molecule has 44 heavy (non-hydrogen) atoms. The number of anilines is 2. The van der Waals surface area contributed by atoms with E-state index < -0.39 is 35.2 Å². The van der Waals surface area contributed by atoms with Crippen LogP contribution in [0.4, 0.5) is 45.5 Å². The van der Waals surface area contributed by atoms with E-state index in [1.165, 1.54) is 48.5 Å². The lowest BCUT2D eigenvalue weighted by Gasteiger charge is -2.06. The SMILES string of the molecule is Nc1cc(N=Nc2ccc(N=Nc3ccc(S(=O)(=O)O)cc3)cc2S(=O)(=O)O)c(N)cc1N=Nc1ccc(S(=O)(=O)O)cc1. The predicted molar refractivity (Wildman–Crippen MR) is 157 cm³/mol. The molecule has 0 aliphatic rings. The van der Waals surface area contributed by atoms with E-state index in [0.29, 0.717) is 0 Å². The van der Waals surface area contributed by atoms with Crippen molar-refractivity contribution in [1.29, 1.82) is 0 Å². The van der Waals surface area contributed by atoms with Crippen molar-refractivity contribution in [2.45, 2.75) is 14.7 Å². The zero-order valence-corrected chi connectivity index (χ0v) is 24.3. The van der Waals surface area contributed by atoms with Crippen molar-refractivity contribution in [3.8, 4) is 0 Å². The second-order valence-electron chi connectivity index (χ2n) is 8.63. The smallest absolute Gasteiger partial charge is 0.296 e. The molecule has 0 spiro atoms. The molecule has 0 radical (unpaired) electrons. The molecule has 7 N–H and O–H groups in total. The fourth-order valence-corrected chi connectivity index (χ4v) is 4.94. The van der Waals surface area contributed by atoms with Crippen LogP contribution in [0.3, 0.4) is 0 Å². The Morgan fingerprint density at radius 3 is 1.23 bits per heavy atom. The average molecular weight is 661 g/mol. The second kappa shape index (κ2) is 12.3.